The molecule has 1 atom stereocenters. The highest BCUT2D eigenvalue weighted by atomic mass is 16.6. The molecule has 0 N–H and O–H groups in total. The van der Waals surface area contributed by atoms with E-state index >= 15 is 0 Å². The predicted molar refractivity (Wildman–Crippen MR) is 113 cm³/mol. The van der Waals surface area contributed by atoms with E-state index in [0.29, 0.717) is 13.1 Å². The average Bonchev–Trinajstić information content (AvgIpc) is 2.96. The van der Waals surface area contributed by atoms with Crippen molar-refractivity contribution in [1.29, 1.82) is 0 Å². The molecular weight excluding hydrogens is 398 g/mol. The molecule has 8 nitrogen and oxygen atoms in total. The van der Waals surface area contributed by atoms with E-state index in [4.69, 9.17) is 0 Å². The molecule has 0 bridgehead atoms. The number of benzene rings is 2. The number of fused-ring (bicyclic) bond motifs is 1. The van der Waals surface area contributed by atoms with E-state index in [2.05, 4.69) is 0 Å². The molecule has 8 heteroatoms. The van der Waals surface area contributed by atoms with E-state index in [1.54, 1.807) is 4.90 Å². The van der Waals surface area contributed by atoms with Crippen LogP contribution in [0.5, 0.6) is 0 Å². The van der Waals surface area contributed by atoms with Crippen LogP contribution in [0, 0.1) is 10.1 Å². The predicted octanol–water partition coefficient (Wildman–Crippen LogP) is 3.20. The molecule has 2 aromatic carbocycles. The Balaban J connectivity index is 1.73. The molecule has 160 valence electrons. The Morgan fingerprint density at radius 2 is 1.61 bits per heavy atom. The van der Waals surface area contributed by atoms with Crippen LogP contribution in [0.1, 0.15) is 52.0 Å². The molecule has 0 aromatic heterocycles. The smallest absolute Gasteiger partial charge is 0.282 e. The molecule has 1 saturated heterocycles. The summed E-state index contributed by atoms with van der Waals surface area (Å²) in [6.07, 6.45) is 3.98. The SMILES string of the molecule is O=C([C@H](Cc1ccccc1)N1C(=O)c2cccc([N+](=O)[O-])c2C1=O)N1CCCCCC1. The van der Waals surface area contributed by atoms with E-state index in [1.165, 1.54) is 18.2 Å². The third kappa shape index (κ3) is 3.93. The second kappa shape index (κ2) is 8.67. The Morgan fingerprint density at radius 1 is 0.935 bits per heavy atom. The summed E-state index contributed by atoms with van der Waals surface area (Å²) in [6.45, 7) is 1.15. The molecule has 3 amide bonds. The van der Waals surface area contributed by atoms with Gasteiger partial charge in [0.1, 0.15) is 11.6 Å². The van der Waals surface area contributed by atoms with Crippen molar-refractivity contribution in [3.63, 3.8) is 0 Å². The summed E-state index contributed by atoms with van der Waals surface area (Å²) in [6, 6.07) is 12.1. The fourth-order valence-electron chi connectivity index (χ4n) is 4.35. The Labute approximate surface area is 179 Å². The normalized spacial score (nSPS) is 17.3. The van der Waals surface area contributed by atoms with Crippen LogP contribution in [-0.2, 0) is 11.2 Å². The highest BCUT2D eigenvalue weighted by molar-refractivity contribution is 6.24. The summed E-state index contributed by atoms with van der Waals surface area (Å²) in [4.78, 5) is 53.4. The third-order valence-corrected chi connectivity index (χ3v) is 5.91. The lowest BCUT2D eigenvalue weighted by atomic mass is 10.0. The van der Waals surface area contributed by atoms with Crippen molar-refractivity contribution < 1.29 is 19.3 Å². The number of nitro benzene ring substituents is 1. The number of hydrogen-bond donors (Lipinski definition) is 0. The highest BCUT2D eigenvalue weighted by Crippen LogP contribution is 2.33. The van der Waals surface area contributed by atoms with Gasteiger partial charge >= 0.3 is 0 Å². The summed E-state index contributed by atoms with van der Waals surface area (Å²) in [7, 11) is 0. The molecule has 0 spiro atoms. The molecular formula is C23H23N3O5. The van der Waals surface area contributed by atoms with Gasteiger partial charge < -0.3 is 4.90 Å². The van der Waals surface area contributed by atoms with Gasteiger partial charge in [-0.3, -0.25) is 29.4 Å². The van der Waals surface area contributed by atoms with E-state index in [1.807, 2.05) is 30.3 Å². The van der Waals surface area contributed by atoms with Crippen LogP contribution in [0.2, 0.25) is 0 Å². The first-order valence-corrected chi connectivity index (χ1v) is 10.5. The van der Waals surface area contributed by atoms with Crippen LogP contribution in [0.3, 0.4) is 0 Å². The van der Waals surface area contributed by atoms with Crippen molar-refractivity contribution in [2.75, 3.05) is 13.1 Å². The zero-order chi connectivity index (χ0) is 22.0. The number of likely N-dealkylation sites (tertiary alicyclic amines) is 1. The van der Waals surface area contributed by atoms with Crippen LogP contribution in [0.25, 0.3) is 0 Å². The third-order valence-electron chi connectivity index (χ3n) is 5.91. The number of carbonyl (C=O) groups excluding carboxylic acids is 3. The minimum absolute atomic E-state index is 0.0269. The number of carbonyl (C=O) groups is 3. The van der Waals surface area contributed by atoms with Gasteiger partial charge in [-0.25, -0.2) is 0 Å². The summed E-state index contributed by atoms with van der Waals surface area (Å²) in [5.41, 5.74) is 0.126. The minimum atomic E-state index is -1.05. The molecule has 0 saturated carbocycles. The van der Waals surface area contributed by atoms with Crippen molar-refractivity contribution in [3.8, 4) is 0 Å². The molecule has 31 heavy (non-hydrogen) atoms. The molecule has 0 unspecified atom stereocenters. The molecule has 2 heterocycles. The number of hydrogen-bond acceptors (Lipinski definition) is 5. The maximum absolute atomic E-state index is 13.5. The van der Waals surface area contributed by atoms with Crippen molar-refractivity contribution in [2.24, 2.45) is 0 Å². The molecule has 2 aliphatic rings. The monoisotopic (exact) mass is 421 g/mol. The first kappa shape index (κ1) is 20.7. The van der Waals surface area contributed by atoms with Gasteiger partial charge in [-0.2, -0.15) is 0 Å². The lowest BCUT2D eigenvalue weighted by molar-refractivity contribution is -0.385. The van der Waals surface area contributed by atoms with Crippen molar-refractivity contribution in [2.45, 2.75) is 38.1 Å². The van der Waals surface area contributed by atoms with Crippen LogP contribution in [-0.4, -0.2) is 51.6 Å². The molecule has 0 radical (unpaired) electrons. The first-order valence-electron chi connectivity index (χ1n) is 10.5. The van der Waals surface area contributed by atoms with E-state index in [9.17, 15) is 24.5 Å². The van der Waals surface area contributed by atoms with Gasteiger partial charge in [-0.1, -0.05) is 49.2 Å². The number of amides is 3. The number of imide groups is 1. The van der Waals surface area contributed by atoms with Crippen molar-refractivity contribution in [1.82, 2.24) is 9.80 Å². The summed E-state index contributed by atoms with van der Waals surface area (Å²) >= 11 is 0. The summed E-state index contributed by atoms with van der Waals surface area (Å²) in [5, 5.41) is 11.4. The van der Waals surface area contributed by atoms with Crippen LogP contribution >= 0.6 is 0 Å². The van der Waals surface area contributed by atoms with Crippen molar-refractivity contribution >= 4 is 23.4 Å². The maximum Gasteiger partial charge on any atom is 0.282 e. The van der Waals surface area contributed by atoms with E-state index in [0.717, 1.165) is 36.1 Å². The minimum Gasteiger partial charge on any atom is -0.341 e. The Kier molecular flexibility index (Phi) is 5.79. The van der Waals surface area contributed by atoms with Gasteiger partial charge in [0, 0.05) is 25.6 Å². The van der Waals surface area contributed by atoms with E-state index < -0.39 is 28.5 Å². The number of rotatable bonds is 5. The zero-order valence-electron chi connectivity index (χ0n) is 17.0. The van der Waals surface area contributed by atoms with Gasteiger partial charge in [-0.15, -0.1) is 0 Å². The van der Waals surface area contributed by atoms with Crippen LogP contribution in [0.15, 0.2) is 48.5 Å². The Morgan fingerprint density at radius 3 is 2.26 bits per heavy atom. The fraction of sp³-hybridized carbons (Fsp3) is 0.348. The second-order valence-electron chi connectivity index (χ2n) is 7.88. The standard InChI is InChI=1S/C23H23N3O5/c27-21-17-11-8-12-18(26(30)31)20(17)23(29)25(21)19(15-16-9-4-3-5-10-16)22(28)24-13-6-1-2-7-14-24/h3-5,8-12,19H,1-2,6-7,13-15H2/t19-/m0/s1. The largest absolute Gasteiger partial charge is 0.341 e. The molecule has 2 aliphatic heterocycles. The quantitative estimate of drug-likeness (QED) is 0.419. The van der Waals surface area contributed by atoms with Crippen molar-refractivity contribution in [3.05, 3.63) is 75.3 Å². The molecule has 0 aliphatic carbocycles. The molecule has 1 fully saturated rings. The van der Waals surface area contributed by atoms with E-state index in [-0.39, 0.29) is 23.5 Å². The van der Waals surface area contributed by atoms with Gasteiger partial charge in [0.05, 0.1) is 10.5 Å². The topological polar surface area (TPSA) is 101 Å². The first-order chi connectivity index (χ1) is 15.0. The maximum atomic E-state index is 13.5. The zero-order valence-corrected chi connectivity index (χ0v) is 17.0. The van der Waals surface area contributed by atoms with Crippen LogP contribution < -0.4 is 0 Å². The number of nitrogens with zero attached hydrogens (tertiary/aromatic N) is 3. The average molecular weight is 421 g/mol. The molecule has 2 aromatic rings. The highest BCUT2D eigenvalue weighted by Gasteiger charge is 2.47. The van der Waals surface area contributed by atoms with Gasteiger partial charge in [0.2, 0.25) is 5.91 Å². The fourth-order valence-corrected chi connectivity index (χ4v) is 4.35. The Hall–Kier alpha value is -3.55. The Bertz CT molecular complexity index is 1030. The summed E-state index contributed by atoms with van der Waals surface area (Å²) < 4.78 is 0. The molecule has 4 rings (SSSR count). The van der Waals surface area contributed by atoms with Gasteiger partial charge in [0.25, 0.3) is 17.5 Å². The second-order valence-corrected chi connectivity index (χ2v) is 7.88. The van der Waals surface area contributed by atoms with Gasteiger partial charge in [0.15, 0.2) is 0 Å². The van der Waals surface area contributed by atoms with Gasteiger partial charge in [-0.05, 0) is 24.5 Å². The number of nitro groups is 1. The lowest BCUT2D eigenvalue weighted by Crippen LogP contribution is -2.52. The lowest BCUT2D eigenvalue weighted by Gasteiger charge is -2.31. The summed E-state index contributed by atoms with van der Waals surface area (Å²) in [5.74, 6) is -1.73. The van der Waals surface area contributed by atoms with Crippen LogP contribution in [0.4, 0.5) is 5.69 Å².